The highest BCUT2D eigenvalue weighted by Gasteiger charge is 2.45. The van der Waals surface area contributed by atoms with E-state index in [2.05, 4.69) is 20.8 Å². The van der Waals surface area contributed by atoms with Crippen LogP contribution in [-0.2, 0) is 9.53 Å². The molecule has 0 spiro atoms. The SMILES string of the molecule is CCOC(=O)/C(C)=C1\CC[C@@H]2CC[C@@H](C)C(C)(C)[C@H]2C1. The zero-order chi connectivity index (χ0) is 14.9. The minimum absolute atomic E-state index is 0.109. The first-order valence-corrected chi connectivity index (χ1v) is 8.23. The molecule has 3 atom stereocenters. The molecule has 2 heteroatoms. The van der Waals surface area contributed by atoms with E-state index in [0.29, 0.717) is 12.0 Å². The van der Waals surface area contributed by atoms with Crippen molar-refractivity contribution < 1.29 is 9.53 Å². The number of rotatable bonds is 2. The van der Waals surface area contributed by atoms with Crippen LogP contribution in [0.5, 0.6) is 0 Å². The van der Waals surface area contributed by atoms with Gasteiger partial charge in [0.2, 0.25) is 0 Å². The first-order valence-electron chi connectivity index (χ1n) is 8.23. The van der Waals surface area contributed by atoms with Crippen molar-refractivity contribution >= 4 is 5.97 Å². The first kappa shape index (κ1) is 15.6. The van der Waals surface area contributed by atoms with Crippen LogP contribution >= 0.6 is 0 Å². The van der Waals surface area contributed by atoms with Gasteiger partial charge in [-0.3, -0.25) is 0 Å². The molecule has 0 N–H and O–H groups in total. The zero-order valence-corrected chi connectivity index (χ0v) is 13.8. The van der Waals surface area contributed by atoms with Crippen molar-refractivity contribution in [3.8, 4) is 0 Å². The summed E-state index contributed by atoms with van der Waals surface area (Å²) in [5.41, 5.74) is 2.62. The molecular formula is C18H30O2. The highest BCUT2D eigenvalue weighted by atomic mass is 16.5. The fourth-order valence-corrected chi connectivity index (χ4v) is 4.24. The number of fused-ring (bicyclic) bond motifs is 1. The predicted octanol–water partition coefficient (Wildman–Crippen LogP) is 4.74. The van der Waals surface area contributed by atoms with Crippen molar-refractivity contribution in [2.24, 2.45) is 23.2 Å². The molecule has 2 aliphatic carbocycles. The Labute approximate surface area is 124 Å². The van der Waals surface area contributed by atoms with Crippen LogP contribution in [0.15, 0.2) is 11.1 Å². The number of allylic oxidation sites excluding steroid dienone is 1. The van der Waals surface area contributed by atoms with Crippen LogP contribution in [0, 0.1) is 23.2 Å². The van der Waals surface area contributed by atoms with Gasteiger partial charge < -0.3 is 4.74 Å². The number of hydrogen-bond acceptors (Lipinski definition) is 2. The van der Waals surface area contributed by atoms with Gasteiger partial charge in [-0.15, -0.1) is 0 Å². The third-order valence-corrected chi connectivity index (χ3v) is 6.16. The lowest BCUT2D eigenvalue weighted by molar-refractivity contribution is -0.138. The van der Waals surface area contributed by atoms with Crippen molar-refractivity contribution in [2.75, 3.05) is 6.61 Å². The minimum Gasteiger partial charge on any atom is -0.463 e. The summed E-state index contributed by atoms with van der Waals surface area (Å²) in [5.74, 6) is 2.27. The molecule has 0 aliphatic heterocycles. The van der Waals surface area contributed by atoms with Crippen LogP contribution in [0.4, 0.5) is 0 Å². The maximum Gasteiger partial charge on any atom is 0.333 e. The lowest BCUT2D eigenvalue weighted by atomic mass is 9.54. The van der Waals surface area contributed by atoms with E-state index in [1.807, 2.05) is 13.8 Å². The average Bonchev–Trinajstić information content (AvgIpc) is 2.42. The molecule has 2 nitrogen and oxygen atoms in total. The molecule has 2 saturated carbocycles. The summed E-state index contributed by atoms with van der Waals surface area (Å²) >= 11 is 0. The molecule has 0 heterocycles. The summed E-state index contributed by atoms with van der Waals surface area (Å²) in [5, 5.41) is 0. The Morgan fingerprint density at radius 1 is 1.30 bits per heavy atom. The van der Waals surface area contributed by atoms with Crippen molar-refractivity contribution in [3.63, 3.8) is 0 Å². The fraction of sp³-hybridized carbons (Fsp3) is 0.833. The van der Waals surface area contributed by atoms with Crippen molar-refractivity contribution in [1.82, 2.24) is 0 Å². The van der Waals surface area contributed by atoms with Gasteiger partial charge in [-0.2, -0.15) is 0 Å². The second-order valence-corrected chi connectivity index (χ2v) is 7.36. The lowest BCUT2D eigenvalue weighted by Gasteiger charge is -2.51. The molecule has 0 amide bonds. The number of hydrogen-bond donors (Lipinski definition) is 0. The second kappa shape index (κ2) is 5.91. The average molecular weight is 278 g/mol. The van der Waals surface area contributed by atoms with Crippen LogP contribution in [0.25, 0.3) is 0 Å². The molecule has 0 radical (unpaired) electrons. The molecule has 20 heavy (non-hydrogen) atoms. The fourth-order valence-electron chi connectivity index (χ4n) is 4.24. The Balaban J connectivity index is 2.19. The molecule has 114 valence electrons. The summed E-state index contributed by atoms with van der Waals surface area (Å²) in [4.78, 5) is 11.9. The summed E-state index contributed by atoms with van der Waals surface area (Å²) in [6, 6.07) is 0. The van der Waals surface area contributed by atoms with Gasteiger partial charge in [-0.25, -0.2) is 4.79 Å². The summed E-state index contributed by atoms with van der Waals surface area (Å²) in [7, 11) is 0. The first-order chi connectivity index (χ1) is 9.37. The predicted molar refractivity (Wildman–Crippen MR) is 82.3 cm³/mol. The molecular weight excluding hydrogens is 248 g/mol. The van der Waals surface area contributed by atoms with Crippen LogP contribution in [0.2, 0.25) is 0 Å². The molecule has 0 unspecified atom stereocenters. The van der Waals surface area contributed by atoms with Gasteiger partial charge in [0.1, 0.15) is 0 Å². The lowest BCUT2D eigenvalue weighted by Crippen LogP contribution is -2.42. The molecule has 2 aliphatic rings. The summed E-state index contributed by atoms with van der Waals surface area (Å²) in [6.07, 6.45) is 6.20. The largest absolute Gasteiger partial charge is 0.463 e. The monoisotopic (exact) mass is 278 g/mol. The third-order valence-electron chi connectivity index (χ3n) is 6.16. The van der Waals surface area contributed by atoms with E-state index in [1.165, 1.54) is 24.8 Å². The molecule has 0 aromatic rings. The maximum atomic E-state index is 11.9. The quantitative estimate of drug-likeness (QED) is 0.539. The van der Waals surface area contributed by atoms with Crippen molar-refractivity contribution in [2.45, 2.75) is 66.7 Å². The number of carbonyl (C=O) groups is 1. The third kappa shape index (κ3) is 2.80. The standard InChI is InChI=1S/C18H30O2/c1-6-20-17(19)13(3)15-10-9-14-8-7-12(2)18(4,5)16(14)11-15/h12,14,16H,6-11H2,1-5H3/b15-13+/t12-,14+,16+/m1/s1. The van der Waals surface area contributed by atoms with E-state index in [9.17, 15) is 4.79 Å². The Bertz CT molecular complexity index is 406. The van der Waals surface area contributed by atoms with Crippen LogP contribution < -0.4 is 0 Å². The Morgan fingerprint density at radius 2 is 2.00 bits per heavy atom. The van der Waals surface area contributed by atoms with Gasteiger partial charge in [0.15, 0.2) is 0 Å². The Morgan fingerprint density at radius 3 is 2.65 bits per heavy atom. The zero-order valence-electron chi connectivity index (χ0n) is 13.8. The van der Waals surface area contributed by atoms with Crippen LogP contribution in [0.1, 0.15) is 66.7 Å². The Hall–Kier alpha value is -0.790. The van der Waals surface area contributed by atoms with Gasteiger partial charge in [-0.1, -0.05) is 26.3 Å². The number of esters is 1. The van der Waals surface area contributed by atoms with Crippen LogP contribution in [-0.4, -0.2) is 12.6 Å². The van der Waals surface area contributed by atoms with Gasteiger partial charge in [0.25, 0.3) is 0 Å². The van der Waals surface area contributed by atoms with Gasteiger partial charge in [-0.05, 0) is 69.1 Å². The molecule has 0 aromatic carbocycles. The van der Waals surface area contributed by atoms with E-state index in [-0.39, 0.29) is 5.97 Å². The molecule has 0 aromatic heterocycles. The van der Waals surface area contributed by atoms with Crippen molar-refractivity contribution in [1.29, 1.82) is 0 Å². The summed E-state index contributed by atoms with van der Waals surface area (Å²) in [6.45, 7) is 11.5. The molecule has 0 bridgehead atoms. The second-order valence-electron chi connectivity index (χ2n) is 7.36. The van der Waals surface area contributed by atoms with E-state index >= 15 is 0 Å². The number of ether oxygens (including phenoxy) is 1. The topological polar surface area (TPSA) is 26.3 Å². The minimum atomic E-state index is -0.109. The normalized spacial score (nSPS) is 35.1. The van der Waals surface area contributed by atoms with Gasteiger partial charge in [0, 0.05) is 5.57 Å². The Kier molecular flexibility index (Phi) is 4.61. The maximum absolute atomic E-state index is 11.9. The molecule has 0 saturated heterocycles. The number of carbonyl (C=O) groups excluding carboxylic acids is 1. The van der Waals surface area contributed by atoms with E-state index < -0.39 is 0 Å². The van der Waals surface area contributed by atoms with E-state index in [4.69, 9.17) is 4.74 Å². The highest BCUT2D eigenvalue weighted by molar-refractivity contribution is 5.88. The highest BCUT2D eigenvalue weighted by Crippen LogP contribution is 2.54. The summed E-state index contributed by atoms with van der Waals surface area (Å²) < 4.78 is 5.17. The van der Waals surface area contributed by atoms with E-state index in [1.54, 1.807) is 0 Å². The van der Waals surface area contributed by atoms with E-state index in [0.717, 1.165) is 36.2 Å². The molecule has 2 fully saturated rings. The van der Waals surface area contributed by atoms with Crippen LogP contribution in [0.3, 0.4) is 0 Å². The molecule has 2 rings (SSSR count). The van der Waals surface area contributed by atoms with Crippen molar-refractivity contribution in [3.05, 3.63) is 11.1 Å². The smallest absolute Gasteiger partial charge is 0.333 e. The van der Waals surface area contributed by atoms with Gasteiger partial charge >= 0.3 is 5.97 Å². The van der Waals surface area contributed by atoms with Gasteiger partial charge in [0.05, 0.1) is 6.61 Å².